The zero-order chi connectivity index (χ0) is 18.8. The van der Waals surface area contributed by atoms with Crippen LogP contribution in [-0.4, -0.2) is 10.5 Å². The molecule has 1 atom stereocenters. The average molecular weight is 376 g/mol. The van der Waals surface area contributed by atoms with Gasteiger partial charge < -0.3 is 0 Å². The molecular weight excluding hydrogens is 331 g/mol. The van der Waals surface area contributed by atoms with Crippen molar-refractivity contribution in [3.63, 3.8) is 0 Å². The number of rotatable bonds is 19. The van der Waals surface area contributed by atoms with Crippen LogP contribution >= 0.6 is 8.25 Å². The Hall–Kier alpha value is 0.0200. The summed E-state index contributed by atoms with van der Waals surface area (Å²) in [4.78, 5) is 8.81. The molecule has 150 valence electrons. The monoisotopic (exact) mass is 375 g/mol. The Morgan fingerprint density at radius 3 is 1.32 bits per heavy atom. The molecule has 3 nitrogen and oxygen atoms in total. The molecule has 0 aromatic rings. The molecule has 0 aromatic heterocycles. The van der Waals surface area contributed by atoms with Crippen molar-refractivity contribution >= 4 is 8.25 Å². The number of hydrogen-bond acceptors (Lipinski definition) is 2. The molecule has 0 aromatic carbocycles. The standard InChI is InChI=1S/C21H43O3P/c1-4-5-6-7-8-9-10-11-12-13-14-15-16-17-18-19-20-21(2,3)24-25(22)23/h4-20H2,1-3H3/p+1. The normalized spacial score (nSPS) is 12.6. The van der Waals surface area contributed by atoms with Crippen LogP contribution in [0.15, 0.2) is 0 Å². The molecule has 4 heteroatoms. The van der Waals surface area contributed by atoms with E-state index in [1.807, 2.05) is 13.8 Å². The van der Waals surface area contributed by atoms with Crippen LogP contribution < -0.4 is 0 Å². The topological polar surface area (TPSA) is 46.5 Å². The summed E-state index contributed by atoms with van der Waals surface area (Å²) in [6.45, 7) is 6.06. The summed E-state index contributed by atoms with van der Waals surface area (Å²) in [5.41, 5.74) is -0.474. The van der Waals surface area contributed by atoms with Gasteiger partial charge in [-0.1, -0.05) is 110 Å². The van der Waals surface area contributed by atoms with E-state index in [0.717, 1.165) is 12.8 Å². The molecule has 25 heavy (non-hydrogen) atoms. The lowest BCUT2D eigenvalue weighted by atomic mass is 9.99. The molecule has 0 heterocycles. The van der Waals surface area contributed by atoms with Gasteiger partial charge in [0.2, 0.25) is 0 Å². The molecule has 0 radical (unpaired) electrons. The summed E-state index contributed by atoms with van der Waals surface area (Å²) in [6, 6.07) is 0. The second-order valence-electron chi connectivity index (χ2n) is 8.14. The first-order valence-electron chi connectivity index (χ1n) is 10.8. The van der Waals surface area contributed by atoms with E-state index in [9.17, 15) is 4.57 Å². The summed E-state index contributed by atoms with van der Waals surface area (Å²) < 4.78 is 15.7. The van der Waals surface area contributed by atoms with Gasteiger partial charge in [-0.2, -0.15) is 0 Å². The number of unbranched alkanes of at least 4 members (excludes halogenated alkanes) is 15. The molecule has 0 fully saturated rings. The third-order valence-corrected chi connectivity index (χ3v) is 5.61. The van der Waals surface area contributed by atoms with Crippen LogP contribution in [0.4, 0.5) is 0 Å². The van der Waals surface area contributed by atoms with Gasteiger partial charge in [-0.25, -0.2) is 0 Å². The van der Waals surface area contributed by atoms with E-state index in [0.29, 0.717) is 0 Å². The van der Waals surface area contributed by atoms with Crippen LogP contribution in [0.1, 0.15) is 130 Å². The highest BCUT2D eigenvalue weighted by Crippen LogP contribution is 2.29. The third-order valence-electron chi connectivity index (χ3n) is 4.96. The van der Waals surface area contributed by atoms with Gasteiger partial charge in [0, 0.05) is 4.57 Å². The van der Waals surface area contributed by atoms with Gasteiger partial charge in [-0.15, -0.1) is 9.42 Å². The van der Waals surface area contributed by atoms with E-state index in [4.69, 9.17) is 9.42 Å². The zero-order valence-electron chi connectivity index (χ0n) is 17.2. The van der Waals surface area contributed by atoms with Crippen LogP contribution in [0.3, 0.4) is 0 Å². The quantitative estimate of drug-likeness (QED) is 0.183. The fourth-order valence-electron chi connectivity index (χ4n) is 3.36. The van der Waals surface area contributed by atoms with Gasteiger partial charge in [0.05, 0.1) is 0 Å². The van der Waals surface area contributed by atoms with E-state index in [1.165, 1.54) is 96.3 Å². The largest absolute Gasteiger partial charge is 0.695 e. The second-order valence-corrected chi connectivity index (χ2v) is 8.80. The average Bonchev–Trinajstić information content (AvgIpc) is 2.53. The Kier molecular flexibility index (Phi) is 17.4. The Balaban J connectivity index is 3.18. The Bertz CT molecular complexity index is 306. The summed E-state index contributed by atoms with van der Waals surface area (Å²) >= 11 is 0. The Labute approximate surface area is 158 Å². The lowest BCUT2D eigenvalue weighted by Crippen LogP contribution is -2.20. The first-order valence-corrected chi connectivity index (χ1v) is 12.0. The van der Waals surface area contributed by atoms with Crippen LogP contribution in [0.25, 0.3) is 0 Å². The van der Waals surface area contributed by atoms with Crippen molar-refractivity contribution in [2.45, 2.75) is 136 Å². The van der Waals surface area contributed by atoms with Crippen molar-refractivity contribution in [3.8, 4) is 0 Å². The van der Waals surface area contributed by atoms with E-state index >= 15 is 0 Å². The molecule has 0 spiro atoms. The Morgan fingerprint density at radius 1 is 0.680 bits per heavy atom. The lowest BCUT2D eigenvalue weighted by molar-refractivity contribution is 0.0910. The fraction of sp³-hybridized carbons (Fsp3) is 1.00. The first-order chi connectivity index (χ1) is 12.0. The van der Waals surface area contributed by atoms with E-state index in [1.54, 1.807) is 0 Å². The van der Waals surface area contributed by atoms with E-state index < -0.39 is 13.9 Å². The van der Waals surface area contributed by atoms with Crippen molar-refractivity contribution in [2.75, 3.05) is 0 Å². The van der Waals surface area contributed by atoms with E-state index in [2.05, 4.69) is 6.92 Å². The highest BCUT2D eigenvalue weighted by atomic mass is 31.1. The predicted molar refractivity (Wildman–Crippen MR) is 109 cm³/mol. The molecule has 0 rings (SSSR count). The van der Waals surface area contributed by atoms with Crippen molar-refractivity contribution in [1.29, 1.82) is 0 Å². The van der Waals surface area contributed by atoms with Crippen molar-refractivity contribution in [1.82, 2.24) is 0 Å². The summed E-state index contributed by atoms with van der Waals surface area (Å²) in [6.07, 6.45) is 22.7. The molecule has 1 N–H and O–H groups in total. The minimum absolute atomic E-state index is 0.474. The van der Waals surface area contributed by atoms with Gasteiger partial charge in [0.1, 0.15) is 5.60 Å². The van der Waals surface area contributed by atoms with Gasteiger partial charge in [0.25, 0.3) is 0 Å². The molecule has 0 aliphatic rings. The third kappa shape index (κ3) is 20.2. The van der Waals surface area contributed by atoms with Crippen LogP contribution in [0.5, 0.6) is 0 Å². The smallest absolute Gasteiger partial charge is 0.133 e. The molecule has 0 amide bonds. The van der Waals surface area contributed by atoms with Crippen LogP contribution in [-0.2, 0) is 9.09 Å². The molecule has 0 saturated carbocycles. The predicted octanol–water partition coefficient (Wildman–Crippen LogP) is 8.08. The van der Waals surface area contributed by atoms with Gasteiger partial charge >= 0.3 is 8.25 Å². The van der Waals surface area contributed by atoms with Crippen molar-refractivity contribution in [2.24, 2.45) is 0 Å². The lowest BCUT2D eigenvalue weighted by Gasteiger charge is -2.16. The molecule has 0 bridgehead atoms. The van der Waals surface area contributed by atoms with Gasteiger partial charge in [-0.05, 0) is 20.3 Å². The molecule has 0 aliphatic carbocycles. The molecule has 1 unspecified atom stereocenters. The maximum absolute atomic E-state index is 10.7. The molecular formula is C21H44O3P+. The SMILES string of the molecule is CCCCCCCCCCCCCCCCCCC(C)(C)O[P+](=O)O. The second kappa shape index (κ2) is 17.4. The van der Waals surface area contributed by atoms with Crippen molar-refractivity contribution in [3.05, 3.63) is 0 Å². The molecule has 0 saturated heterocycles. The maximum Gasteiger partial charge on any atom is 0.695 e. The van der Waals surface area contributed by atoms with Crippen molar-refractivity contribution < 1.29 is 14.0 Å². The van der Waals surface area contributed by atoms with Crippen LogP contribution in [0.2, 0.25) is 0 Å². The highest BCUT2D eigenvalue weighted by Gasteiger charge is 2.30. The van der Waals surface area contributed by atoms with Gasteiger partial charge in [-0.3, -0.25) is 0 Å². The highest BCUT2D eigenvalue weighted by molar-refractivity contribution is 7.32. The minimum atomic E-state index is -2.48. The fourth-order valence-corrected chi connectivity index (χ4v) is 3.87. The zero-order valence-corrected chi connectivity index (χ0v) is 18.1. The molecule has 0 aliphatic heterocycles. The summed E-state index contributed by atoms with van der Waals surface area (Å²) in [5, 5.41) is 0. The maximum atomic E-state index is 10.7. The number of hydrogen-bond donors (Lipinski definition) is 1. The van der Waals surface area contributed by atoms with Crippen LogP contribution in [0, 0.1) is 0 Å². The Morgan fingerprint density at radius 2 is 1.00 bits per heavy atom. The van der Waals surface area contributed by atoms with E-state index in [-0.39, 0.29) is 0 Å². The minimum Gasteiger partial charge on any atom is -0.133 e. The summed E-state index contributed by atoms with van der Waals surface area (Å²) in [7, 11) is -2.48. The van der Waals surface area contributed by atoms with Gasteiger partial charge in [0.15, 0.2) is 0 Å². The summed E-state index contributed by atoms with van der Waals surface area (Å²) in [5.74, 6) is 0. The first kappa shape index (κ1) is 25.0.